The van der Waals surface area contributed by atoms with Crippen LogP contribution in [0.4, 0.5) is 0 Å². The van der Waals surface area contributed by atoms with Crippen molar-refractivity contribution in [3.63, 3.8) is 0 Å². The molecule has 1 aromatic heterocycles. The summed E-state index contributed by atoms with van der Waals surface area (Å²) >= 11 is 0. The molecule has 0 aliphatic rings. The highest BCUT2D eigenvalue weighted by atomic mass is 16.5. The number of aromatic nitrogens is 1. The topological polar surface area (TPSA) is 67.5 Å². The monoisotopic (exact) mass is 324 g/mol. The number of ether oxygens (including phenoxy) is 1. The second kappa shape index (κ2) is 7.77. The minimum atomic E-state index is -0.611. The average Bonchev–Trinajstić information content (AvgIpc) is 3.11. The summed E-state index contributed by atoms with van der Waals surface area (Å²) < 4.78 is 10.7. The van der Waals surface area contributed by atoms with Gasteiger partial charge in [-0.05, 0) is 29.8 Å². The first-order valence-corrected chi connectivity index (χ1v) is 7.79. The Kier molecular flexibility index (Phi) is 5.25. The predicted molar refractivity (Wildman–Crippen MR) is 91.6 cm³/mol. The summed E-state index contributed by atoms with van der Waals surface area (Å²) in [6.45, 7) is 0.943. The van der Waals surface area contributed by atoms with Gasteiger partial charge in [0.25, 0.3) is 0 Å². The minimum absolute atomic E-state index is 0.417. The van der Waals surface area contributed by atoms with Gasteiger partial charge in [0.2, 0.25) is 5.89 Å². The maximum absolute atomic E-state index is 10.2. The molecule has 5 nitrogen and oxygen atoms in total. The highest BCUT2D eigenvalue weighted by Crippen LogP contribution is 2.19. The molecule has 1 atom stereocenters. The lowest BCUT2D eigenvalue weighted by Crippen LogP contribution is -2.21. The van der Waals surface area contributed by atoms with E-state index in [1.54, 1.807) is 13.4 Å². The van der Waals surface area contributed by atoms with Crippen molar-refractivity contribution < 1.29 is 14.3 Å². The summed E-state index contributed by atoms with van der Waals surface area (Å²) in [6.07, 6.45) is 1.02. The van der Waals surface area contributed by atoms with Crippen LogP contribution in [0.2, 0.25) is 0 Å². The van der Waals surface area contributed by atoms with Crippen LogP contribution >= 0.6 is 0 Å². The standard InChI is InChI=1S/C19H20N2O3/c1-23-17-9-5-8-15(10-17)18(22)12-20-11-16-13-24-19(21-16)14-6-3-2-4-7-14/h2-10,13,18,20,22H,11-12H2,1H3. The Hall–Kier alpha value is -2.63. The third-order valence-electron chi connectivity index (χ3n) is 3.69. The molecule has 0 saturated carbocycles. The summed E-state index contributed by atoms with van der Waals surface area (Å²) in [5.41, 5.74) is 2.55. The molecule has 0 aliphatic carbocycles. The summed E-state index contributed by atoms with van der Waals surface area (Å²) in [5, 5.41) is 13.4. The molecule has 0 amide bonds. The van der Waals surface area contributed by atoms with Gasteiger partial charge in [-0.2, -0.15) is 0 Å². The molecule has 3 aromatic rings. The first-order valence-electron chi connectivity index (χ1n) is 7.79. The van der Waals surface area contributed by atoms with Gasteiger partial charge in [-0.3, -0.25) is 0 Å². The van der Waals surface area contributed by atoms with Crippen molar-refractivity contribution >= 4 is 0 Å². The third-order valence-corrected chi connectivity index (χ3v) is 3.69. The Morgan fingerprint density at radius 3 is 2.79 bits per heavy atom. The van der Waals surface area contributed by atoms with Crippen LogP contribution in [0.3, 0.4) is 0 Å². The molecule has 3 rings (SSSR count). The van der Waals surface area contributed by atoms with E-state index in [4.69, 9.17) is 9.15 Å². The molecule has 1 heterocycles. The molecule has 5 heteroatoms. The van der Waals surface area contributed by atoms with Crippen molar-refractivity contribution in [2.45, 2.75) is 12.6 Å². The quantitative estimate of drug-likeness (QED) is 0.699. The number of hydrogen-bond donors (Lipinski definition) is 2. The maximum Gasteiger partial charge on any atom is 0.226 e. The van der Waals surface area contributed by atoms with E-state index in [-0.39, 0.29) is 0 Å². The van der Waals surface area contributed by atoms with Crippen LogP contribution in [-0.2, 0) is 6.54 Å². The summed E-state index contributed by atoms with van der Waals surface area (Å²) in [4.78, 5) is 4.45. The van der Waals surface area contributed by atoms with Gasteiger partial charge < -0.3 is 19.6 Å². The van der Waals surface area contributed by atoms with Crippen LogP contribution in [0.15, 0.2) is 65.3 Å². The Morgan fingerprint density at radius 1 is 1.17 bits per heavy atom. The molecule has 0 bridgehead atoms. The van der Waals surface area contributed by atoms with Gasteiger partial charge >= 0.3 is 0 Å². The number of nitrogens with zero attached hydrogens (tertiary/aromatic N) is 1. The Labute approximate surface area is 140 Å². The van der Waals surface area contributed by atoms with E-state index in [0.717, 1.165) is 22.6 Å². The first kappa shape index (κ1) is 16.2. The molecule has 2 aromatic carbocycles. The number of aliphatic hydroxyl groups is 1. The molecule has 2 N–H and O–H groups in total. The lowest BCUT2D eigenvalue weighted by molar-refractivity contribution is 0.174. The largest absolute Gasteiger partial charge is 0.497 e. The highest BCUT2D eigenvalue weighted by Gasteiger charge is 2.10. The van der Waals surface area contributed by atoms with Gasteiger partial charge in [0.15, 0.2) is 0 Å². The molecule has 0 aliphatic heterocycles. The molecule has 0 fully saturated rings. The number of oxazole rings is 1. The molecular weight excluding hydrogens is 304 g/mol. The summed E-state index contributed by atoms with van der Waals surface area (Å²) in [5.74, 6) is 1.33. The first-order chi connectivity index (χ1) is 11.8. The van der Waals surface area contributed by atoms with Gasteiger partial charge in [0.1, 0.15) is 12.0 Å². The fourth-order valence-corrected chi connectivity index (χ4v) is 2.41. The van der Waals surface area contributed by atoms with Crippen LogP contribution in [-0.4, -0.2) is 23.7 Å². The SMILES string of the molecule is COc1cccc(C(O)CNCc2coc(-c3ccccc3)n2)c1. The van der Waals surface area contributed by atoms with Crippen LogP contribution in [0.5, 0.6) is 5.75 Å². The zero-order valence-corrected chi connectivity index (χ0v) is 13.5. The van der Waals surface area contributed by atoms with E-state index in [0.29, 0.717) is 19.0 Å². The van der Waals surface area contributed by atoms with E-state index in [9.17, 15) is 5.11 Å². The smallest absolute Gasteiger partial charge is 0.226 e. The second-order valence-electron chi connectivity index (χ2n) is 5.43. The Morgan fingerprint density at radius 2 is 2.00 bits per heavy atom. The Balaban J connectivity index is 1.54. The number of rotatable bonds is 7. The Bertz CT molecular complexity index is 771. The normalized spacial score (nSPS) is 12.1. The average molecular weight is 324 g/mol. The summed E-state index contributed by atoms with van der Waals surface area (Å²) in [6, 6.07) is 17.2. The van der Waals surface area contributed by atoms with Gasteiger partial charge in [0, 0.05) is 18.7 Å². The molecular formula is C19H20N2O3. The zero-order chi connectivity index (χ0) is 16.8. The highest BCUT2D eigenvalue weighted by molar-refractivity contribution is 5.52. The van der Waals surface area contributed by atoms with Crippen molar-refractivity contribution in [3.8, 4) is 17.2 Å². The van der Waals surface area contributed by atoms with E-state index in [1.807, 2.05) is 54.6 Å². The zero-order valence-electron chi connectivity index (χ0n) is 13.5. The van der Waals surface area contributed by atoms with E-state index in [1.165, 1.54) is 0 Å². The van der Waals surface area contributed by atoms with Gasteiger partial charge in [-0.15, -0.1) is 0 Å². The van der Waals surface area contributed by atoms with E-state index in [2.05, 4.69) is 10.3 Å². The van der Waals surface area contributed by atoms with Crippen molar-refractivity contribution in [2.75, 3.05) is 13.7 Å². The third kappa shape index (κ3) is 4.01. The molecule has 0 saturated heterocycles. The fraction of sp³-hybridized carbons (Fsp3) is 0.211. The lowest BCUT2D eigenvalue weighted by atomic mass is 10.1. The van der Waals surface area contributed by atoms with Crippen LogP contribution < -0.4 is 10.1 Å². The minimum Gasteiger partial charge on any atom is -0.497 e. The predicted octanol–water partition coefficient (Wildman–Crippen LogP) is 3.17. The maximum atomic E-state index is 10.2. The van der Waals surface area contributed by atoms with Gasteiger partial charge in [0.05, 0.1) is 18.9 Å². The summed E-state index contributed by atoms with van der Waals surface area (Å²) in [7, 11) is 1.61. The lowest BCUT2D eigenvalue weighted by Gasteiger charge is -2.12. The van der Waals surface area contributed by atoms with Crippen molar-refractivity contribution in [2.24, 2.45) is 0 Å². The number of benzene rings is 2. The molecule has 0 spiro atoms. The molecule has 124 valence electrons. The number of methoxy groups -OCH3 is 1. The molecule has 0 radical (unpaired) electrons. The number of nitrogens with one attached hydrogen (secondary N) is 1. The van der Waals surface area contributed by atoms with Crippen LogP contribution in [0, 0.1) is 0 Å². The van der Waals surface area contributed by atoms with Crippen LogP contribution in [0.1, 0.15) is 17.4 Å². The van der Waals surface area contributed by atoms with Crippen LogP contribution in [0.25, 0.3) is 11.5 Å². The van der Waals surface area contributed by atoms with Gasteiger partial charge in [-0.1, -0.05) is 30.3 Å². The molecule has 1 unspecified atom stereocenters. The van der Waals surface area contributed by atoms with E-state index >= 15 is 0 Å². The second-order valence-corrected chi connectivity index (χ2v) is 5.43. The number of aliphatic hydroxyl groups excluding tert-OH is 1. The van der Waals surface area contributed by atoms with Gasteiger partial charge in [-0.25, -0.2) is 4.98 Å². The van der Waals surface area contributed by atoms with Crippen molar-refractivity contribution in [1.29, 1.82) is 0 Å². The van der Waals surface area contributed by atoms with Crippen molar-refractivity contribution in [1.82, 2.24) is 10.3 Å². The molecule has 24 heavy (non-hydrogen) atoms. The fourth-order valence-electron chi connectivity index (χ4n) is 2.41. The van der Waals surface area contributed by atoms with E-state index < -0.39 is 6.10 Å². The van der Waals surface area contributed by atoms with Crippen molar-refractivity contribution in [3.05, 3.63) is 72.1 Å². The number of hydrogen-bond acceptors (Lipinski definition) is 5.